The number of aromatic nitrogens is 1. The molecular weight excluding hydrogens is 398 g/mol. The maximum Gasteiger partial charge on any atom is 0.311 e. The smallest absolute Gasteiger partial charge is 0.311 e. The molecule has 1 aromatic heterocycles. The first-order chi connectivity index (χ1) is 13.3. The number of nitrogens with zero attached hydrogens (tertiary/aromatic N) is 2. The summed E-state index contributed by atoms with van der Waals surface area (Å²) in [5.74, 6) is -0.592. The molecule has 0 aliphatic carbocycles. The number of carbonyl (C=O) groups excluding carboxylic acids is 3. The van der Waals surface area contributed by atoms with Crippen LogP contribution < -0.4 is 10.2 Å². The Balaban J connectivity index is 1.70. The minimum absolute atomic E-state index is 0.117. The standard InChI is InChI=1S/C19H21N3O4S2/c1-4-26-16(24)9-12-10-27-18(20-12)28-11-15(23)22-14-8-6-5-7-13(14)21-17(25)19(22,2)3/h5-8,10H,4,9,11H2,1-3H3,(H,21,25). The lowest BCUT2D eigenvalue weighted by atomic mass is 9.96. The van der Waals surface area contributed by atoms with Crippen molar-refractivity contribution in [3.63, 3.8) is 0 Å². The molecule has 0 unspecified atom stereocenters. The van der Waals surface area contributed by atoms with Crippen molar-refractivity contribution in [2.24, 2.45) is 0 Å². The number of rotatable bonds is 6. The minimum Gasteiger partial charge on any atom is -0.466 e. The van der Waals surface area contributed by atoms with Crippen molar-refractivity contribution in [3.8, 4) is 0 Å². The number of para-hydroxylation sites is 2. The second-order valence-electron chi connectivity index (χ2n) is 6.63. The summed E-state index contributed by atoms with van der Waals surface area (Å²) in [7, 11) is 0. The summed E-state index contributed by atoms with van der Waals surface area (Å²) in [6, 6.07) is 7.25. The van der Waals surface area contributed by atoms with Crippen molar-refractivity contribution in [2.75, 3.05) is 22.6 Å². The second-order valence-corrected chi connectivity index (χ2v) is 8.72. The first-order valence-electron chi connectivity index (χ1n) is 8.79. The number of thioether (sulfide) groups is 1. The lowest BCUT2D eigenvalue weighted by Crippen LogP contribution is -2.58. The van der Waals surface area contributed by atoms with Gasteiger partial charge in [0.1, 0.15) is 5.54 Å². The van der Waals surface area contributed by atoms with Crippen molar-refractivity contribution >= 4 is 52.3 Å². The minimum atomic E-state index is -0.996. The van der Waals surface area contributed by atoms with Gasteiger partial charge in [-0.2, -0.15) is 0 Å². The third kappa shape index (κ3) is 4.20. The van der Waals surface area contributed by atoms with E-state index in [-0.39, 0.29) is 30.0 Å². The van der Waals surface area contributed by atoms with Crippen molar-refractivity contribution in [3.05, 3.63) is 35.3 Å². The maximum atomic E-state index is 13.0. The molecule has 1 aliphatic heterocycles. The number of hydrogen-bond acceptors (Lipinski definition) is 7. The van der Waals surface area contributed by atoms with E-state index in [4.69, 9.17) is 4.74 Å². The van der Waals surface area contributed by atoms with Crippen LogP contribution in [-0.2, 0) is 25.5 Å². The molecule has 1 aliphatic rings. The van der Waals surface area contributed by atoms with Gasteiger partial charge in [-0.25, -0.2) is 4.98 Å². The Hall–Kier alpha value is -2.39. The van der Waals surface area contributed by atoms with Gasteiger partial charge in [0.2, 0.25) is 11.8 Å². The Morgan fingerprint density at radius 2 is 2.07 bits per heavy atom. The summed E-state index contributed by atoms with van der Waals surface area (Å²) in [6.45, 7) is 5.54. The Labute approximate surface area is 171 Å². The Kier molecular flexibility index (Phi) is 6.04. The van der Waals surface area contributed by atoms with Crippen LogP contribution in [0.5, 0.6) is 0 Å². The molecule has 0 saturated carbocycles. The summed E-state index contributed by atoms with van der Waals surface area (Å²) < 4.78 is 5.61. The molecule has 0 fully saturated rings. The number of thiazole rings is 1. The van der Waals surface area contributed by atoms with Gasteiger partial charge in [0.25, 0.3) is 0 Å². The van der Waals surface area contributed by atoms with Crippen molar-refractivity contribution in [2.45, 2.75) is 37.1 Å². The summed E-state index contributed by atoms with van der Waals surface area (Å²) >= 11 is 2.67. The molecule has 2 aromatic rings. The lowest BCUT2D eigenvalue weighted by Gasteiger charge is -2.42. The van der Waals surface area contributed by atoms with E-state index in [0.29, 0.717) is 28.0 Å². The number of amides is 2. The zero-order chi connectivity index (χ0) is 20.3. The Morgan fingerprint density at radius 1 is 1.32 bits per heavy atom. The normalized spacial score (nSPS) is 15.0. The second kappa shape index (κ2) is 8.32. The molecule has 28 heavy (non-hydrogen) atoms. The van der Waals surface area contributed by atoms with Gasteiger partial charge in [-0.15, -0.1) is 11.3 Å². The van der Waals surface area contributed by atoms with E-state index >= 15 is 0 Å². The molecule has 148 valence electrons. The fourth-order valence-electron chi connectivity index (χ4n) is 2.88. The Bertz CT molecular complexity index is 910. The highest BCUT2D eigenvalue weighted by Crippen LogP contribution is 2.37. The molecule has 0 radical (unpaired) electrons. The van der Waals surface area contributed by atoms with E-state index in [2.05, 4.69) is 10.3 Å². The molecule has 2 heterocycles. The van der Waals surface area contributed by atoms with Crippen molar-refractivity contribution in [1.29, 1.82) is 0 Å². The zero-order valence-corrected chi connectivity index (χ0v) is 17.5. The van der Waals surface area contributed by atoms with E-state index in [1.54, 1.807) is 37.1 Å². The highest BCUT2D eigenvalue weighted by atomic mass is 32.2. The topological polar surface area (TPSA) is 88.6 Å². The maximum absolute atomic E-state index is 13.0. The SMILES string of the molecule is CCOC(=O)Cc1csc(SCC(=O)N2c3ccccc3NC(=O)C2(C)C)n1. The zero-order valence-electron chi connectivity index (χ0n) is 15.9. The van der Waals surface area contributed by atoms with Crippen LogP contribution in [0, 0.1) is 0 Å². The molecule has 9 heteroatoms. The number of hydrogen-bond donors (Lipinski definition) is 1. The van der Waals surface area contributed by atoms with Crippen LogP contribution in [0.25, 0.3) is 0 Å². The van der Waals surface area contributed by atoms with Crippen molar-refractivity contribution < 1.29 is 19.1 Å². The van der Waals surface area contributed by atoms with Crippen LogP contribution >= 0.6 is 23.1 Å². The average Bonchev–Trinajstić information content (AvgIpc) is 3.08. The number of esters is 1. The highest BCUT2D eigenvalue weighted by molar-refractivity contribution is 8.01. The quantitative estimate of drug-likeness (QED) is 0.572. The van der Waals surface area contributed by atoms with E-state index < -0.39 is 5.54 Å². The van der Waals surface area contributed by atoms with E-state index in [0.717, 1.165) is 0 Å². The van der Waals surface area contributed by atoms with Gasteiger partial charge in [-0.3, -0.25) is 19.3 Å². The summed E-state index contributed by atoms with van der Waals surface area (Å²) in [6.07, 6.45) is 0.117. The van der Waals surface area contributed by atoms with Crippen LogP contribution in [0.4, 0.5) is 11.4 Å². The molecule has 7 nitrogen and oxygen atoms in total. The molecule has 0 atom stereocenters. The summed E-state index contributed by atoms with van der Waals surface area (Å²) in [5, 5.41) is 4.64. The fraction of sp³-hybridized carbons (Fsp3) is 0.368. The predicted octanol–water partition coefficient (Wildman–Crippen LogP) is 3.10. The third-order valence-electron chi connectivity index (χ3n) is 4.24. The molecule has 1 N–H and O–H groups in total. The van der Waals surface area contributed by atoms with Crippen LogP contribution in [0.15, 0.2) is 34.0 Å². The largest absolute Gasteiger partial charge is 0.466 e. The third-order valence-corrected chi connectivity index (χ3v) is 6.29. The number of nitrogens with one attached hydrogen (secondary N) is 1. The van der Waals surface area contributed by atoms with Gasteiger partial charge >= 0.3 is 5.97 Å². The van der Waals surface area contributed by atoms with Crippen LogP contribution in [0.3, 0.4) is 0 Å². The summed E-state index contributed by atoms with van der Waals surface area (Å²) in [5.41, 5.74) is 0.932. The number of carbonyl (C=O) groups is 3. The van der Waals surface area contributed by atoms with E-state index in [1.165, 1.54) is 23.1 Å². The Morgan fingerprint density at radius 3 is 2.82 bits per heavy atom. The van der Waals surface area contributed by atoms with E-state index in [9.17, 15) is 14.4 Å². The molecule has 0 saturated heterocycles. The predicted molar refractivity (Wildman–Crippen MR) is 110 cm³/mol. The number of ether oxygens (including phenoxy) is 1. The van der Waals surface area contributed by atoms with Gasteiger partial charge in [-0.05, 0) is 32.9 Å². The van der Waals surface area contributed by atoms with Crippen LogP contribution in [-0.4, -0.2) is 40.7 Å². The van der Waals surface area contributed by atoms with E-state index in [1.807, 2.05) is 18.2 Å². The number of anilines is 2. The lowest BCUT2D eigenvalue weighted by molar-refractivity contribution is -0.142. The molecule has 3 rings (SSSR count). The first kappa shape index (κ1) is 20.3. The number of benzene rings is 1. The van der Waals surface area contributed by atoms with Gasteiger partial charge in [0.15, 0.2) is 4.34 Å². The highest BCUT2D eigenvalue weighted by Gasteiger charge is 2.43. The monoisotopic (exact) mass is 419 g/mol. The van der Waals surface area contributed by atoms with Crippen molar-refractivity contribution in [1.82, 2.24) is 4.98 Å². The average molecular weight is 420 g/mol. The van der Waals surface area contributed by atoms with Crippen LogP contribution in [0.2, 0.25) is 0 Å². The fourth-order valence-corrected chi connectivity index (χ4v) is 4.58. The van der Waals surface area contributed by atoms with Gasteiger partial charge < -0.3 is 10.1 Å². The molecule has 0 spiro atoms. The summed E-state index contributed by atoms with van der Waals surface area (Å²) in [4.78, 5) is 42.9. The first-order valence-corrected chi connectivity index (χ1v) is 10.7. The molecule has 0 bridgehead atoms. The molecule has 1 aromatic carbocycles. The molecular formula is C19H21N3O4S2. The van der Waals surface area contributed by atoms with Gasteiger partial charge in [0, 0.05) is 5.38 Å². The van der Waals surface area contributed by atoms with Gasteiger partial charge in [-0.1, -0.05) is 23.9 Å². The number of fused-ring (bicyclic) bond motifs is 1. The van der Waals surface area contributed by atoms with Crippen LogP contribution in [0.1, 0.15) is 26.5 Å². The molecule has 2 amide bonds. The van der Waals surface area contributed by atoms with Gasteiger partial charge in [0.05, 0.1) is 35.8 Å².